The van der Waals surface area contributed by atoms with Crippen LogP contribution in [0.1, 0.15) is 13.8 Å². The van der Waals surface area contributed by atoms with E-state index < -0.39 is 4.92 Å². The van der Waals surface area contributed by atoms with Crippen LogP contribution >= 0.6 is 12.2 Å². The summed E-state index contributed by atoms with van der Waals surface area (Å²) in [5.41, 5.74) is 0.539. The number of benzene rings is 1. The number of aromatic hydroxyl groups is 1. The maximum Gasteiger partial charge on any atom is 0.270 e. The topological polar surface area (TPSA) is 116 Å². The summed E-state index contributed by atoms with van der Waals surface area (Å²) in [6.45, 7) is 3.79. The second-order valence-corrected chi connectivity index (χ2v) is 5.00. The van der Waals surface area contributed by atoms with Gasteiger partial charge in [-0.25, -0.2) is 0 Å². The van der Waals surface area contributed by atoms with E-state index in [9.17, 15) is 15.2 Å². The molecule has 0 fully saturated rings. The van der Waals surface area contributed by atoms with Gasteiger partial charge in [0.15, 0.2) is 5.69 Å². The number of nitro groups is 1. The van der Waals surface area contributed by atoms with Gasteiger partial charge in [-0.2, -0.15) is 0 Å². The van der Waals surface area contributed by atoms with Crippen LogP contribution in [0, 0.1) is 10.1 Å². The average Bonchev–Trinajstić information content (AvgIpc) is 2.70. The number of hydrogen-bond acceptors (Lipinski definition) is 5. The number of azo groups is 1. The molecule has 21 heavy (non-hydrogen) atoms. The minimum absolute atomic E-state index is 0.0965. The van der Waals surface area contributed by atoms with Crippen molar-refractivity contribution in [1.29, 1.82) is 0 Å². The summed E-state index contributed by atoms with van der Waals surface area (Å²) in [6, 6.07) is 4.26. The highest BCUT2D eigenvalue weighted by Crippen LogP contribution is 2.37. The molecule has 3 N–H and O–H groups in total. The summed E-state index contributed by atoms with van der Waals surface area (Å²) < 4.78 is 0. The second kappa shape index (κ2) is 5.83. The minimum atomic E-state index is -0.518. The molecule has 0 bridgehead atoms. The first kappa shape index (κ1) is 14.9. The molecule has 0 amide bonds. The van der Waals surface area contributed by atoms with Crippen molar-refractivity contribution >= 4 is 39.6 Å². The van der Waals surface area contributed by atoms with Gasteiger partial charge in [0.2, 0.25) is 11.0 Å². The van der Waals surface area contributed by atoms with Crippen LogP contribution in [0.3, 0.4) is 0 Å². The lowest BCUT2D eigenvalue weighted by atomic mass is 10.2. The predicted octanol–water partition coefficient (Wildman–Crippen LogP) is 3.15. The first-order valence-corrected chi connectivity index (χ1v) is 6.50. The fraction of sp³-hybridized carbons (Fsp3) is 0.250. The molecule has 2 aromatic rings. The van der Waals surface area contributed by atoms with E-state index in [1.165, 1.54) is 18.2 Å². The Kier molecular flexibility index (Phi) is 4.13. The van der Waals surface area contributed by atoms with Gasteiger partial charge in [0, 0.05) is 23.6 Å². The van der Waals surface area contributed by atoms with Crippen LogP contribution in [-0.4, -0.2) is 26.2 Å². The first-order chi connectivity index (χ1) is 9.88. The molecule has 0 saturated carbocycles. The van der Waals surface area contributed by atoms with Crippen molar-refractivity contribution in [3.05, 3.63) is 28.3 Å². The average molecular weight is 307 g/mol. The quantitative estimate of drug-likeness (QED) is 0.348. The summed E-state index contributed by atoms with van der Waals surface area (Å²) >= 11 is 4.97. The Morgan fingerprint density at radius 2 is 2.24 bits per heavy atom. The Morgan fingerprint density at radius 3 is 2.86 bits per heavy atom. The normalized spacial score (nSPS) is 11.4. The molecule has 1 aromatic heterocycles. The zero-order chi connectivity index (χ0) is 15.6. The second-order valence-electron chi connectivity index (χ2n) is 4.61. The molecule has 2 rings (SSSR count). The molecule has 0 aliphatic heterocycles. The van der Waals surface area contributed by atoms with E-state index in [4.69, 9.17) is 12.2 Å². The van der Waals surface area contributed by atoms with E-state index in [1.807, 2.05) is 13.8 Å². The number of H-pyrrole nitrogens is 1. The lowest BCUT2D eigenvalue weighted by Gasteiger charge is -2.04. The molecule has 0 spiro atoms. The maximum absolute atomic E-state index is 10.8. The van der Waals surface area contributed by atoms with Gasteiger partial charge in [0.05, 0.1) is 10.4 Å². The van der Waals surface area contributed by atoms with Crippen LogP contribution in [0.4, 0.5) is 11.4 Å². The Balaban J connectivity index is 2.40. The van der Waals surface area contributed by atoms with Gasteiger partial charge < -0.3 is 15.4 Å². The Hall–Kier alpha value is -2.55. The molecule has 8 nitrogen and oxygen atoms in total. The summed E-state index contributed by atoms with van der Waals surface area (Å²) in [7, 11) is 0. The number of fused-ring (bicyclic) bond motifs is 1. The summed E-state index contributed by atoms with van der Waals surface area (Å²) in [5.74, 6) is -0.221. The highest BCUT2D eigenvalue weighted by molar-refractivity contribution is 7.80. The number of non-ortho nitro benzene ring substituents is 1. The summed E-state index contributed by atoms with van der Waals surface area (Å²) in [5, 5.41) is 31.7. The van der Waals surface area contributed by atoms with Crippen LogP contribution in [0.25, 0.3) is 10.9 Å². The molecule has 0 radical (unpaired) electrons. The molecular weight excluding hydrogens is 294 g/mol. The molecule has 0 atom stereocenters. The fourth-order valence-electron chi connectivity index (χ4n) is 1.74. The third-order valence-electron chi connectivity index (χ3n) is 2.60. The monoisotopic (exact) mass is 307 g/mol. The molecule has 0 saturated heterocycles. The summed E-state index contributed by atoms with van der Waals surface area (Å²) in [4.78, 5) is 13.0. The smallest absolute Gasteiger partial charge is 0.270 e. The number of nitro benzene ring substituents is 1. The lowest BCUT2D eigenvalue weighted by Crippen LogP contribution is -2.26. The van der Waals surface area contributed by atoms with Crippen molar-refractivity contribution in [1.82, 2.24) is 10.3 Å². The van der Waals surface area contributed by atoms with Gasteiger partial charge in [0.25, 0.3) is 5.69 Å². The molecule has 0 aliphatic rings. The van der Waals surface area contributed by atoms with Crippen molar-refractivity contribution < 1.29 is 10.0 Å². The van der Waals surface area contributed by atoms with Gasteiger partial charge >= 0.3 is 0 Å². The van der Waals surface area contributed by atoms with Crippen LogP contribution in [0.2, 0.25) is 0 Å². The number of aromatic amines is 1. The largest absolute Gasteiger partial charge is 0.493 e. The van der Waals surface area contributed by atoms with Crippen LogP contribution in [0.5, 0.6) is 5.88 Å². The van der Waals surface area contributed by atoms with Crippen molar-refractivity contribution in [2.24, 2.45) is 10.2 Å². The molecule has 1 heterocycles. The summed E-state index contributed by atoms with van der Waals surface area (Å²) in [6.07, 6.45) is 0. The predicted molar refractivity (Wildman–Crippen MR) is 82.0 cm³/mol. The molecule has 0 unspecified atom stereocenters. The third kappa shape index (κ3) is 3.31. The standard InChI is InChI=1S/C12H13N5O3S/c1-6(2)13-12(21)16-15-10-8-5-7(17(19)20)3-4-9(8)14-11(10)18/h3-6,14,18H,1-2H3,(H,13,21). The number of rotatable bonds is 3. The van der Waals surface area contributed by atoms with Crippen molar-refractivity contribution in [3.63, 3.8) is 0 Å². The first-order valence-electron chi connectivity index (χ1n) is 6.10. The zero-order valence-corrected chi connectivity index (χ0v) is 12.1. The van der Waals surface area contributed by atoms with Crippen LogP contribution in [-0.2, 0) is 0 Å². The maximum atomic E-state index is 10.8. The van der Waals surface area contributed by atoms with Crippen molar-refractivity contribution in [2.75, 3.05) is 0 Å². The van der Waals surface area contributed by atoms with E-state index in [-0.39, 0.29) is 28.4 Å². The van der Waals surface area contributed by atoms with E-state index in [2.05, 4.69) is 20.5 Å². The number of hydrogen-bond donors (Lipinski definition) is 3. The highest BCUT2D eigenvalue weighted by Gasteiger charge is 2.15. The van der Waals surface area contributed by atoms with Crippen LogP contribution < -0.4 is 5.32 Å². The zero-order valence-electron chi connectivity index (χ0n) is 11.3. The van der Waals surface area contributed by atoms with Crippen molar-refractivity contribution in [2.45, 2.75) is 19.9 Å². The van der Waals surface area contributed by atoms with Crippen molar-refractivity contribution in [3.8, 4) is 5.88 Å². The number of thiocarbonyl (C=S) groups is 1. The lowest BCUT2D eigenvalue weighted by molar-refractivity contribution is -0.384. The number of nitrogens with one attached hydrogen (secondary N) is 2. The van der Waals surface area contributed by atoms with E-state index >= 15 is 0 Å². The van der Waals surface area contributed by atoms with E-state index in [0.29, 0.717) is 10.9 Å². The Labute approximate surface area is 125 Å². The number of aromatic nitrogens is 1. The third-order valence-corrected chi connectivity index (χ3v) is 2.80. The van der Waals surface area contributed by atoms with Gasteiger partial charge in [-0.1, -0.05) is 0 Å². The molecule has 1 aromatic carbocycles. The Morgan fingerprint density at radius 1 is 1.52 bits per heavy atom. The van der Waals surface area contributed by atoms with E-state index in [0.717, 1.165) is 0 Å². The minimum Gasteiger partial charge on any atom is -0.493 e. The van der Waals surface area contributed by atoms with Crippen LogP contribution in [0.15, 0.2) is 28.4 Å². The van der Waals surface area contributed by atoms with Gasteiger partial charge in [-0.3, -0.25) is 10.1 Å². The van der Waals surface area contributed by atoms with Gasteiger partial charge in [-0.05, 0) is 32.1 Å². The molecule has 9 heteroatoms. The fourth-order valence-corrected chi connectivity index (χ4v) is 2.01. The van der Waals surface area contributed by atoms with Gasteiger partial charge in [-0.15, -0.1) is 10.2 Å². The van der Waals surface area contributed by atoms with Gasteiger partial charge in [0.1, 0.15) is 0 Å². The molecular formula is C12H13N5O3S. The Bertz CT molecular complexity index is 738. The molecule has 0 aliphatic carbocycles. The van der Waals surface area contributed by atoms with E-state index in [1.54, 1.807) is 0 Å². The molecule has 110 valence electrons. The highest BCUT2D eigenvalue weighted by atomic mass is 32.1. The number of nitrogens with zero attached hydrogens (tertiary/aromatic N) is 3. The SMILES string of the molecule is CC(C)NC(=S)N=Nc1c(O)[nH]c2ccc([N+](=O)[O-])cc12.